The Morgan fingerprint density at radius 3 is 1.93 bits per heavy atom. The maximum Gasteiger partial charge on any atom is 0.119 e. The quantitative estimate of drug-likeness (QED) is 0.394. The summed E-state index contributed by atoms with van der Waals surface area (Å²) in [6.45, 7) is 7.72. The number of hydrogen-bond donors (Lipinski definition) is 0. The molecule has 0 spiro atoms. The van der Waals surface area contributed by atoms with E-state index in [1.165, 1.54) is 74.5 Å². The molecule has 1 nitrogen and oxygen atoms in total. The zero-order chi connectivity index (χ0) is 20.5. The van der Waals surface area contributed by atoms with Crippen molar-refractivity contribution in [3.05, 3.63) is 54.1 Å². The molecule has 0 aromatic heterocycles. The highest BCUT2D eigenvalue weighted by molar-refractivity contribution is 5.64. The predicted molar refractivity (Wildman–Crippen MR) is 125 cm³/mol. The molecule has 2 aromatic rings. The van der Waals surface area contributed by atoms with Gasteiger partial charge in [-0.25, -0.2) is 0 Å². The number of rotatable bonds is 10. The van der Waals surface area contributed by atoms with E-state index in [1.54, 1.807) is 0 Å². The summed E-state index contributed by atoms with van der Waals surface area (Å²) in [7, 11) is 0. The van der Waals surface area contributed by atoms with Crippen molar-refractivity contribution in [2.75, 3.05) is 6.61 Å². The standard InChI is InChI=1S/C28H40O/c1-4-5-22(2)6-9-24-10-12-25(13-11-24)20-21-29-28-18-16-27(17-19-28)26-14-7-23(3)8-15-26/h7-8,14-19,22,24-25H,4-6,9-13,20-21H2,1-3H3. The van der Waals surface area contributed by atoms with Crippen LogP contribution >= 0.6 is 0 Å². The van der Waals surface area contributed by atoms with Crippen LogP contribution in [0.25, 0.3) is 11.1 Å². The highest BCUT2D eigenvalue weighted by atomic mass is 16.5. The van der Waals surface area contributed by atoms with Crippen LogP contribution < -0.4 is 4.74 Å². The minimum Gasteiger partial charge on any atom is -0.494 e. The Kier molecular flexibility index (Phi) is 8.65. The lowest BCUT2D eigenvalue weighted by Gasteiger charge is -2.29. The first-order chi connectivity index (χ1) is 14.1. The fourth-order valence-corrected chi connectivity index (χ4v) is 4.80. The fourth-order valence-electron chi connectivity index (χ4n) is 4.80. The molecular formula is C28H40O. The summed E-state index contributed by atoms with van der Waals surface area (Å²) in [5.74, 6) is 3.77. The van der Waals surface area contributed by atoms with Crippen molar-refractivity contribution in [3.8, 4) is 16.9 Å². The number of ether oxygens (including phenoxy) is 1. The first kappa shape index (κ1) is 21.9. The second-order valence-corrected chi connectivity index (χ2v) is 9.39. The van der Waals surface area contributed by atoms with Gasteiger partial charge in [-0.3, -0.25) is 0 Å². The van der Waals surface area contributed by atoms with E-state index in [1.807, 2.05) is 0 Å². The molecule has 1 atom stereocenters. The molecule has 1 saturated carbocycles. The third kappa shape index (κ3) is 7.21. The van der Waals surface area contributed by atoms with Gasteiger partial charge in [0.25, 0.3) is 0 Å². The number of benzene rings is 2. The van der Waals surface area contributed by atoms with Crippen LogP contribution in [0.3, 0.4) is 0 Å². The third-order valence-corrected chi connectivity index (χ3v) is 6.85. The van der Waals surface area contributed by atoms with Crippen molar-refractivity contribution in [1.29, 1.82) is 0 Å². The number of hydrogen-bond acceptors (Lipinski definition) is 1. The lowest BCUT2D eigenvalue weighted by molar-refractivity contribution is 0.206. The van der Waals surface area contributed by atoms with Gasteiger partial charge in [0.15, 0.2) is 0 Å². The van der Waals surface area contributed by atoms with E-state index in [0.717, 1.165) is 30.1 Å². The van der Waals surface area contributed by atoms with Gasteiger partial charge in [0.1, 0.15) is 5.75 Å². The molecule has 1 heteroatoms. The van der Waals surface area contributed by atoms with Gasteiger partial charge in [-0.1, -0.05) is 107 Å². The Hall–Kier alpha value is -1.76. The molecule has 0 bridgehead atoms. The molecule has 1 unspecified atom stereocenters. The lowest BCUT2D eigenvalue weighted by Crippen LogP contribution is -2.17. The van der Waals surface area contributed by atoms with E-state index in [-0.39, 0.29) is 0 Å². The molecule has 1 aliphatic carbocycles. The molecular weight excluding hydrogens is 352 g/mol. The van der Waals surface area contributed by atoms with Crippen molar-refractivity contribution in [2.24, 2.45) is 17.8 Å². The fraction of sp³-hybridized carbons (Fsp3) is 0.571. The summed E-state index contributed by atoms with van der Waals surface area (Å²) < 4.78 is 6.05. The van der Waals surface area contributed by atoms with E-state index in [9.17, 15) is 0 Å². The van der Waals surface area contributed by atoms with Crippen LogP contribution in [-0.4, -0.2) is 6.61 Å². The molecule has 2 aromatic carbocycles. The van der Waals surface area contributed by atoms with Gasteiger partial charge < -0.3 is 4.74 Å². The van der Waals surface area contributed by atoms with Gasteiger partial charge in [-0.05, 0) is 54.4 Å². The lowest BCUT2D eigenvalue weighted by atomic mass is 9.78. The Labute approximate surface area is 178 Å². The van der Waals surface area contributed by atoms with Crippen molar-refractivity contribution >= 4 is 0 Å². The average molecular weight is 393 g/mol. The maximum absolute atomic E-state index is 6.05. The first-order valence-electron chi connectivity index (χ1n) is 11.9. The molecule has 0 radical (unpaired) electrons. The van der Waals surface area contributed by atoms with Crippen LogP contribution in [-0.2, 0) is 0 Å². The van der Waals surface area contributed by atoms with E-state index in [0.29, 0.717) is 0 Å². The molecule has 0 amide bonds. The zero-order valence-electron chi connectivity index (χ0n) is 18.8. The normalized spacial score (nSPS) is 20.4. The molecule has 0 heterocycles. The molecule has 3 rings (SSSR count). The van der Waals surface area contributed by atoms with Crippen LogP contribution in [0.15, 0.2) is 48.5 Å². The Bertz CT molecular complexity index is 692. The van der Waals surface area contributed by atoms with E-state index < -0.39 is 0 Å². The Morgan fingerprint density at radius 1 is 0.793 bits per heavy atom. The van der Waals surface area contributed by atoms with Gasteiger partial charge in [0, 0.05) is 0 Å². The van der Waals surface area contributed by atoms with Gasteiger partial charge in [0.05, 0.1) is 6.61 Å². The average Bonchev–Trinajstić information content (AvgIpc) is 2.74. The Balaban J connectivity index is 1.34. The SMILES string of the molecule is CCCC(C)CCC1CCC(CCOc2ccc(-c3ccc(C)cc3)cc2)CC1. The Morgan fingerprint density at radius 2 is 1.34 bits per heavy atom. The first-order valence-corrected chi connectivity index (χ1v) is 11.9. The predicted octanol–water partition coefficient (Wildman–Crippen LogP) is 8.45. The minimum atomic E-state index is 0.854. The van der Waals surface area contributed by atoms with Gasteiger partial charge in [0.2, 0.25) is 0 Å². The molecule has 1 fully saturated rings. The zero-order valence-corrected chi connectivity index (χ0v) is 18.8. The van der Waals surface area contributed by atoms with Crippen molar-refractivity contribution < 1.29 is 4.74 Å². The van der Waals surface area contributed by atoms with Crippen molar-refractivity contribution in [1.82, 2.24) is 0 Å². The summed E-state index contributed by atoms with van der Waals surface area (Å²) in [5.41, 5.74) is 3.82. The largest absolute Gasteiger partial charge is 0.494 e. The highest BCUT2D eigenvalue weighted by Crippen LogP contribution is 2.34. The van der Waals surface area contributed by atoms with Gasteiger partial charge in [-0.2, -0.15) is 0 Å². The molecule has 0 aliphatic heterocycles. The topological polar surface area (TPSA) is 9.23 Å². The maximum atomic E-state index is 6.05. The summed E-state index contributed by atoms with van der Waals surface area (Å²) in [6, 6.07) is 17.3. The van der Waals surface area contributed by atoms with E-state index >= 15 is 0 Å². The van der Waals surface area contributed by atoms with Crippen LogP contribution in [0.4, 0.5) is 0 Å². The second kappa shape index (κ2) is 11.4. The van der Waals surface area contributed by atoms with Crippen LogP contribution in [0, 0.1) is 24.7 Å². The minimum absolute atomic E-state index is 0.854. The summed E-state index contributed by atoms with van der Waals surface area (Å²) in [4.78, 5) is 0. The molecule has 158 valence electrons. The van der Waals surface area contributed by atoms with Crippen LogP contribution in [0.5, 0.6) is 5.75 Å². The van der Waals surface area contributed by atoms with Crippen LogP contribution in [0.2, 0.25) is 0 Å². The van der Waals surface area contributed by atoms with E-state index in [4.69, 9.17) is 4.74 Å². The number of aryl methyl sites for hydroxylation is 1. The van der Waals surface area contributed by atoms with Crippen LogP contribution in [0.1, 0.15) is 77.2 Å². The van der Waals surface area contributed by atoms with E-state index in [2.05, 4.69) is 69.3 Å². The molecule has 29 heavy (non-hydrogen) atoms. The second-order valence-electron chi connectivity index (χ2n) is 9.39. The molecule has 1 aliphatic rings. The monoisotopic (exact) mass is 392 g/mol. The summed E-state index contributed by atoms with van der Waals surface area (Å²) in [6.07, 6.45) is 12.5. The summed E-state index contributed by atoms with van der Waals surface area (Å²) >= 11 is 0. The van der Waals surface area contributed by atoms with Crippen molar-refractivity contribution in [2.45, 2.75) is 78.6 Å². The highest BCUT2D eigenvalue weighted by Gasteiger charge is 2.21. The van der Waals surface area contributed by atoms with Gasteiger partial charge >= 0.3 is 0 Å². The van der Waals surface area contributed by atoms with Gasteiger partial charge in [-0.15, -0.1) is 0 Å². The summed E-state index contributed by atoms with van der Waals surface area (Å²) in [5, 5.41) is 0. The molecule has 0 saturated heterocycles. The van der Waals surface area contributed by atoms with Crippen molar-refractivity contribution in [3.63, 3.8) is 0 Å². The molecule has 0 N–H and O–H groups in total. The third-order valence-electron chi connectivity index (χ3n) is 6.85. The smallest absolute Gasteiger partial charge is 0.119 e.